The smallest absolute Gasteiger partial charge is 0.241 e. The minimum Gasteiger partial charge on any atom is -0.350 e. The van der Waals surface area contributed by atoms with Gasteiger partial charge in [0.1, 0.15) is 11.9 Å². The van der Waals surface area contributed by atoms with Crippen LogP contribution in [0.25, 0.3) is 0 Å². The molecule has 0 bridgehead atoms. The van der Waals surface area contributed by atoms with Gasteiger partial charge in [-0.3, -0.25) is 4.79 Å². The molecule has 0 spiro atoms. The van der Waals surface area contributed by atoms with Crippen molar-refractivity contribution in [2.24, 2.45) is 5.73 Å². The van der Waals surface area contributed by atoms with E-state index < -0.39 is 6.04 Å². The maximum atomic E-state index is 13.4. The number of nitrogens with two attached hydrogens (primary N) is 1. The number of carbonyl (C=O) groups excluding carboxylic acids is 1. The van der Waals surface area contributed by atoms with Crippen molar-refractivity contribution in [1.29, 1.82) is 0 Å². The van der Waals surface area contributed by atoms with E-state index in [2.05, 4.69) is 5.32 Å². The number of hydrogen-bond acceptors (Lipinski definition) is 2. The van der Waals surface area contributed by atoms with E-state index in [4.69, 9.17) is 5.73 Å². The third-order valence-corrected chi connectivity index (χ3v) is 3.42. The van der Waals surface area contributed by atoms with E-state index in [0.29, 0.717) is 11.1 Å². The quantitative estimate of drug-likeness (QED) is 0.908. The fourth-order valence-corrected chi connectivity index (χ4v) is 1.97. The zero-order valence-electron chi connectivity index (χ0n) is 12.2. The largest absolute Gasteiger partial charge is 0.350 e. The maximum Gasteiger partial charge on any atom is 0.241 e. The molecular formula is C17H19FN2O. The fraction of sp³-hybridized carbons (Fsp3) is 0.235. The van der Waals surface area contributed by atoms with E-state index in [9.17, 15) is 9.18 Å². The zero-order chi connectivity index (χ0) is 15.4. The third kappa shape index (κ3) is 3.89. The van der Waals surface area contributed by atoms with Crippen molar-refractivity contribution < 1.29 is 9.18 Å². The van der Waals surface area contributed by atoms with Crippen LogP contribution in [0, 0.1) is 19.7 Å². The van der Waals surface area contributed by atoms with Crippen LogP contribution in [0.2, 0.25) is 0 Å². The lowest BCUT2D eigenvalue weighted by Crippen LogP contribution is -2.33. The van der Waals surface area contributed by atoms with Crippen LogP contribution in [-0.4, -0.2) is 5.91 Å². The average Bonchev–Trinajstić information content (AvgIpc) is 2.48. The van der Waals surface area contributed by atoms with Crippen molar-refractivity contribution in [3.05, 3.63) is 70.5 Å². The summed E-state index contributed by atoms with van der Waals surface area (Å²) >= 11 is 0. The highest BCUT2D eigenvalue weighted by molar-refractivity contribution is 5.82. The van der Waals surface area contributed by atoms with Crippen molar-refractivity contribution >= 4 is 5.91 Å². The first-order chi connectivity index (χ1) is 9.97. The van der Waals surface area contributed by atoms with Gasteiger partial charge >= 0.3 is 0 Å². The number of aryl methyl sites for hydroxylation is 2. The average molecular weight is 286 g/mol. The summed E-state index contributed by atoms with van der Waals surface area (Å²) in [6, 6.07) is 11.7. The van der Waals surface area contributed by atoms with Crippen LogP contribution in [0.5, 0.6) is 0 Å². The molecule has 2 aromatic carbocycles. The summed E-state index contributed by atoms with van der Waals surface area (Å²) in [6.45, 7) is 3.93. The first-order valence-corrected chi connectivity index (χ1v) is 6.82. The maximum absolute atomic E-state index is 13.4. The Hall–Kier alpha value is -2.20. The van der Waals surface area contributed by atoms with Gasteiger partial charge in [-0.05, 0) is 36.6 Å². The molecule has 0 saturated heterocycles. The number of halogens is 1. The van der Waals surface area contributed by atoms with Crippen molar-refractivity contribution in [2.75, 3.05) is 0 Å². The summed E-state index contributed by atoms with van der Waals surface area (Å²) in [5.74, 6) is -0.551. The van der Waals surface area contributed by atoms with Crippen molar-refractivity contribution in [2.45, 2.75) is 26.4 Å². The molecule has 0 fully saturated rings. The number of hydrogen-bond donors (Lipinski definition) is 2. The van der Waals surface area contributed by atoms with Crippen LogP contribution >= 0.6 is 0 Å². The normalized spacial score (nSPS) is 12.0. The summed E-state index contributed by atoms with van der Waals surface area (Å²) in [5, 5.41) is 2.73. The topological polar surface area (TPSA) is 55.1 Å². The molecular weight excluding hydrogens is 267 g/mol. The second-order valence-corrected chi connectivity index (χ2v) is 5.19. The molecule has 1 unspecified atom stereocenters. The highest BCUT2D eigenvalue weighted by Gasteiger charge is 2.15. The minimum absolute atomic E-state index is 0.260. The van der Waals surface area contributed by atoms with Gasteiger partial charge in [0.05, 0.1) is 0 Å². The van der Waals surface area contributed by atoms with Gasteiger partial charge in [0.15, 0.2) is 0 Å². The fourth-order valence-electron chi connectivity index (χ4n) is 1.97. The summed E-state index contributed by atoms with van der Waals surface area (Å²) in [7, 11) is 0. The SMILES string of the molecule is Cc1ccc(C(N)C(=O)NCc2ccc(C)c(F)c2)cc1. The highest BCUT2D eigenvalue weighted by Crippen LogP contribution is 2.13. The summed E-state index contributed by atoms with van der Waals surface area (Å²) in [4.78, 5) is 12.0. The molecule has 0 radical (unpaired) electrons. The molecule has 0 aliphatic heterocycles. The molecule has 1 amide bonds. The molecule has 0 aromatic heterocycles. The van der Waals surface area contributed by atoms with Gasteiger partial charge < -0.3 is 11.1 Å². The Morgan fingerprint density at radius 2 is 1.86 bits per heavy atom. The van der Waals surface area contributed by atoms with Crippen LogP contribution in [0.4, 0.5) is 4.39 Å². The minimum atomic E-state index is -0.721. The lowest BCUT2D eigenvalue weighted by Gasteiger charge is -2.13. The van der Waals surface area contributed by atoms with E-state index in [-0.39, 0.29) is 18.3 Å². The van der Waals surface area contributed by atoms with Crippen LogP contribution in [0.3, 0.4) is 0 Å². The van der Waals surface area contributed by atoms with Gasteiger partial charge in [0, 0.05) is 6.54 Å². The molecule has 110 valence electrons. The Morgan fingerprint density at radius 1 is 1.19 bits per heavy atom. The molecule has 21 heavy (non-hydrogen) atoms. The number of rotatable bonds is 4. The molecule has 0 saturated carbocycles. The van der Waals surface area contributed by atoms with Crippen LogP contribution in [-0.2, 0) is 11.3 Å². The molecule has 3 N–H and O–H groups in total. The zero-order valence-corrected chi connectivity index (χ0v) is 12.2. The molecule has 4 heteroatoms. The molecule has 0 aliphatic rings. The lowest BCUT2D eigenvalue weighted by molar-refractivity contribution is -0.122. The molecule has 0 aliphatic carbocycles. The second kappa shape index (κ2) is 6.50. The van der Waals surface area contributed by atoms with E-state index in [1.165, 1.54) is 6.07 Å². The first-order valence-electron chi connectivity index (χ1n) is 6.82. The number of nitrogens with one attached hydrogen (secondary N) is 1. The van der Waals surface area contributed by atoms with Gasteiger partial charge in [0.25, 0.3) is 0 Å². The number of carbonyl (C=O) groups is 1. The predicted octanol–water partition coefficient (Wildman–Crippen LogP) is 2.76. The molecule has 2 aromatic rings. The number of benzene rings is 2. The van der Waals surface area contributed by atoms with Crippen LogP contribution in [0.1, 0.15) is 28.3 Å². The first kappa shape index (κ1) is 15.2. The second-order valence-electron chi connectivity index (χ2n) is 5.19. The Morgan fingerprint density at radius 3 is 2.48 bits per heavy atom. The Labute approximate surface area is 124 Å². The van der Waals surface area contributed by atoms with Crippen molar-refractivity contribution in [1.82, 2.24) is 5.32 Å². The summed E-state index contributed by atoms with van der Waals surface area (Å²) < 4.78 is 13.4. The monoisotopic (exact) mass is 286 g/mol. The van der Waals surface area contributed by atoms with E-state index >= 15 is 0 Å². The standard InChI is InChI=1S/C17H19FN2O/c1-11-3-7-14(8-4-11)16(19)17(21)20-10-13-6-5-12(2)15(18)9-13/h3-9,16H,10,19H2,1-2H3,(H,20,21). The Kier molecular flexibility index (Phi) is 4.70. The van der Waals surface area contributed by atoms with E-state index in [0.717, 1.165) is 11.1 Å². The van der Waals surface area contributed by atoms with Gasteiger partial charge in [-0.25, -0.2) is 4.39 Å². The summed E-state index contributed by atoms with van der Waals surface area (Å²) in [5.41, 5.74) is 9.09. The molecule has 0 heterocycles. The highest BCUT2D eigenvalue weighted by atomic mass is 19.1. The number of amides is 1. The predicted molar refractivity (Wildman–Crippen MR) is 81.1 cm³/mol. The third-order valence-electron chi connectivity index (χ3n) is 3.42. The van der Waals surface area contributed by atoms with Gasteiger partial charge in [-0.15, -0.1) is 0 Å². The molecule has 3 nitrogen and oxygen atoms in total. The van der Waals surface area contributed by atoms with E-state index in [1.54, 1.807) is 19.1 Å². The van der Waals surface area contributed by atoms with Crippen LogP contribution < -0.4 is 11.1 Å². The van der Waals surface area contributed by atoms with Crippen molar-refractivity contribution in [3.63, 3.8) is 0 Å². The van der Waals surface area contributed by atoms with Gasteiger partial charge in [-0.2, -0.15) is 0 Å². The van der Waals surface area contributed by atoms with E-state index in [1.807, 2.05) is 31.2 Å². The molecule has 2 rings (SSSR count). The Balaban J connectivity index is 1.97. The lowest BCUT2D eigenvalue weighted by atomic mass is 10.1. The molecule has 1 atom stereocenters. The Bertz CT molecular complexity index is 638. The van der Waals surface area contributed by atoms with Crippen LogP contribution in [0.15, 0.2) is 42.5 Å². The summed E-state index contributed by atoms with van der Waals surface area (Å²) in [6.07, 6.45) is 0. The van der Waals surface area contributed by atoms with Gasteiger partial charge in [0.2, 0.25) is 5.91 Å². The van der Waals surface area contributed by atoms with Crippen molar-refractivity contribution in [3.8, 4) is 0 Å². The van der Waals surface area contributed by atoms with Gasteiger partial charge in [-0.1, -0.05) is 42.0 Å².